The van der Waals surface area contributed by atoms with Crippen molar-refractivity contribution in [2.45, 2.75) is 57.9 Å². The summed E-state index contributed by atoms with van der Waals surface area (Å²) >= 11 is 0. The number of Topliss-reactive ketones (excluding diaryl/α,β-unsaturated/α-hetero) is 1. The van der Waals surface area contributed by atoms with Crippen LogP contribution < -0.4 is 5.73 Å². The molecule has 1 aliphatic carbocycles. The average Bonchev–Trinajstić information content (AvgIpc) is 2.63. The van der Waals surface area contributed by atoms with Gasteiger partial charge in [0.05, 0.1) is 0 Å². The van der Waals surface area contributed by atoms with Crippen molar-refractivity contribution in [1.29, 1.82) is 0 Å². The lowest BCUT2D eigenvalue weighted by Gasteiger charge is -2.20. The fourth-order valence-corrected chi connectivity index (χ4v) is 2.91. The van der Waals surface area contributed by atoms with E-state index >= 15 is 0 Å². The fourth-order valence-electron chi connectivity index (χ4n) is 2.91. The molecule has 19 heavy (non-hydrogen) atoms. The maximum Gasteiger partial charge on any atom is 0.167 e. The number of ketones is 1. The first-order valence-electron chi connectivity index (χ1n) is 7.49. The van der Waals surface area contributed by atoms with Crippen molar-refractivity contribution in [3.63, 3.8) is 0 Å². The molecule has 0 radical (unpaired) electrons. The standard InChI is InChI=1S/C17H25NO/c1-12(2)13-8-10-14(11-9-13)17(19)15-6-4-3-5-7-16(15)18/h8-12,15-16H,3-7,18H2,1-2H3. The van der Waals surface area contributed by atoms with Crippen LogP contribution in [0.2, 0.25) is 0 Å². The smallest absolute Gasteiger partial charge is 0.167 e. The monoisotopic (exact) mass is 259 g/mol. The Bertz CT molecular complexity index is 421. The summed E-state index contributed by atoms with van der Waals surface area (Å²) in [7, 11) is 0. The zero-order valence-electron chi connectivity index (χ0n) is 12.1. The summed E-state index contributed by atoms with van der Waals surface area (Å²) < 4.78 is 0. The molecule has 2 unspecified atom stereocenters. The van der Waals surface area contributed by atoms with E-state index in [1.54, 1.807) is 0 Å². The molecule has 2 N–H and O–H groups in total. The summed E-state index contributed by atoms with van der Waals surface area (Å²) in [6.45, 7) is 4.33. The number of hydrogen-bond acceptors (Lipinski definition) is 2. The number of benzene rings is 1. The van der Waals surface area contributed by atoms with E-state index in [4.69, 9.17) is 5.73 Å². The Morgan fingerprint density at radius 1 is 1.11 bits per heavy atom. The lowest BCUT2D eigenvalue weighted by molar-refractivity contribution is 0.0894. The van der Waals surface area contributed by atoms with Crippen LogP contribution >= 0.6 is 0 Å². The third-order valence-electron chi connectivity index (χ3n) is 4.27. The SMILES string of the molecule is CC(C)c1ccc(C(=O)C2CCCCCC2N)cc1. The molecule has 0 bridgehead atoms. The molecule has 0 heterocycles. The Morgan fingerprint density at radius 2 is 1.74 bits per heavy atom. The molecule has 1 saturated carbocycles. The molecule has 2 rings (SSSR count). The molecule has 2 heteroatoms. The zero-order valence-corrected chi connectivity index (χ0v) is 12.1. The second kappa shape index (κ2) is 6.33. The van der Waals surface area contributed by atoms with Gasteiger partial charge in [0.25, 0.3) is 0 Å². The highest BCUT2D eigenvalue weighted by Gasteiger charge is 2.27. The number of carbonyl (C=O) groups is 1. The second-order valence-corrected chi connectivity index (χ2v) is 6.05. The van der Waals surface area contributed by atoms with Gasteiger partial charge in [-0.15, -0.1) is 0 Å². The van der Waals surface area contributed by atoms with Gasteiger partial charge in [0.1, 0.15) is 0 Å². The molecule has 2 nitrogen and oxygen atoms in total. The highest BCUT2D eigenvalue weighted by molar-refractivity contribution is 5.98. The number of nitrogens with two attached hydrogens (primary N) is 1. The van der Waals surface area contributed by atoms with E-state index in [2.05, 4.69) is 26.0 Å². The Kier molecular flexibility index (Phi) is 4.76. The van der Waals surface area contributed by atoms with Gasteiger partial charge in [-0.2, -0.15) is 0 Å². The van der Waals surface area contributed by atoms with Crippen molar-refractivity contribution in [2.75, 3.05) is 0 Å². The van der Waals surface area contributed by atoms with Crippen LogP contribution in [0.15, 0.2) is 24.3 Å². The summed E-state index contributed by atoms with van der Waals surface area (Å²) in [5, 5.41) is 0. The van der Waals surface area contributed by atoms with Crippen LogP contribution in [0.4, 0.5) is 0 Å². The molecule has 0 spiro atoms. The highest BCUT2D eigenvalue weighted by atomic mass is 16.1. The molecule has 0 amide bonds. The van der Waals surface area contributed by atoms with Crippen molar-refractivity contribution in [1.82, 2.24) is 0 Å². The molecular formula is C17H25NO. The van der Waals surface area contributed by atoms with Crippen LogP contribution in [0, 0.1) is 5.92 Å². The lowest BCUT2D eigenvalue weighted by atomic mass is 9.87. The average molecular weight is 259 g/mol. The number of hydrogen-bond donors (Lipinski definition) is 1. The van der Waals surface area contributed by atoms with E-state index in [-0.39, 0.29) is 17.7 Å². The van der Waals surface area contributed by atoms with Crippen LogP contribution in [0.5, 0.6) is 0 Å². The summed E-state index contributed by atoms with van der Waals surface area (Å²) in [4.78, 5) is 12.6. The van der Waals surface area contributed by atoms with Gasteiger partial charge in [-0.3, -0.25) is 4.79 Å². The predicted molar refractivity (Wildman–Crippen MR) is 79.4 cm³/mol. The zero-order chi connectivity index (χ0) is 13.8. The van der Waals surface area contributed by atoms with Gasteiger partial charge in [-0.05, 0) is 24.3 Å². The molecule has 104 valence electrons. The van der Waals surface area contributed by atoms with E-state index in [0.29, 0.717) is 5.92 Å². The third-order valence-corrected chi connectivity index (χ3v) is 4.27. The van der Waals surface area contributed by atoms with Crippen LogP contribution in [0.25, 0.3) is 0 Å². The first-order valence-corrected chi connectivity index (χ1v) is 7.49. The molecule has 0 aliphatic heterocycles. The van der Waals surface area contributed by atoms with Crippen molar-refractivity contribution in [3.8, 4) is 0 Å². The van der Waals surface area contributed by atoms with Crippen LogP contribution in [0.3, 0.4) is 0 Å². The number of rotatable bonds is 3. The maximum atomic E-state index is 12.6. The topological polar surface area (TPSA) is 43.1 Å². The van der Waals surface area contributed by atoms with Gasteiger partial charge >= 0.3 is 0 Å². The molecule has 1 aromatic rings. The molecule has 1 fully saturated rings. The first-order chi connectivity index (χ1) is 9.09. The van der Waals surface area contributed by atoms with E-state index in [9.17, 15) is 4.79 Å². The summed E-state index contributed by atoms with van der Waals surface area (Å²) in [6, 6.07) is 8.12. The Hall–Kier alpha value is -1.15. The predicted octanol–water partition coefficient (Wildman–Crippen LogP) is 3.90. The first kappa shape index (κ1) is 14.3. The summed E-state index contributed by atoms with van der Waals surface area (Å²) in [5.41, 5.74) is 8.28. The maximum absolute atomic E-state index is 12.6. The Balaban J connectivity index is 2.13. The van der Waals surface area contributed by atoms with Gasteiger partial charge in [0.15, 0.2) is 5.78 Å². The van der Waals surface area contributed by atoms with Crippen molar-refractivity contribution in [2.24, 2.45) is 11.7 Å². The Morgan fingerprint density at radius 3 is 2.37 bits per heavy atom. The minimum Gasteiger partial charge on any atom is -0.327 e. The summed E-state index contributed by atoms with van der Waals surface area (Å²) in [6.07, 6.45) is 5.45. The van der Waals surface area contributed by atoms with Gasteiger partial charge in [-0.1, -0.05) is 57.4 Å². The second-order valence-electron chi connectivity index (χ2n) is 6.05. The molecular weight excluding hydrogens is 234 g/mol. The quantitative estimate of drug-likeness (QED) is 0.661. The van der Waals surface area contributed by atoms with E-state index < -0.39 is 0 Å². The largest absolute Gasteiger partial charge is 0.327 e. The lowest BCUT2D eigenvalue weighted by Crippen LogP contribution is -2.34. The molecule has 0 aromatic heterocycles. The van der Waals surface area contributed by atoms with Gasteiger partial charge in [0.2, 0.25) is 0 Å². The molecule has 1 aromatic carbocycles. The van der Waals surface area contributed by atoms with Crippen molar-refractivity contribution >= 4 is 5.78 Å². The van der Waals surface area contributed by atoms with E-state index in [0.717, 1.165) is 31.2 Å². The fraction of sp³-hybridized carbons (Fsp3) is 0.588. The van der Waals surface area contributed by atoms with Gasteiger partial charge in [-0.25, -0.2) is 0 Å². The summed E-state index contributed by atoms with van der Waals surface area (Å²) in [5.74, 6) is 0.765. The van der Waals surface area contributed by atoms with Crippen LogP contribution in [-0.2, 0) is 0 Å². The minimum absolute atomic E-state index is 0.0207. The van der Waals surface area contributed by atoms with E-state index in [1.807, 2.05) is 12.1 Å². The van der Waals surface area contributed by atoms with Crippen LogP contribution in [-0.4, -0.2) is 11.8 Å². The third kappa shape index (κ3) is 3.44. The molecule has 2 atom stereocenters. The normalized spacial score (nSPS) is 24.2. The molecule has 0 saturated heterocycles. The Labute approximate surface area is 116 Å². The van der Waals surface area contributed by atoms with Crippen LogP contribution in [0.1, 0.15) is 67.8 Å². The molecule has 1 aliphatic rings. The van der Waals surface area contributed by atoms with E-state index in [1.165, 1.54) is 12.0 Å². The van der Waals surface area contributed by atoms with Crippen molar-refractivity contribution in [3.05, 3.63) is 35.4 Å². The minimum atomic E-state index is 0.0207. The highest BCUT2D eigenvalue weighted by Crippen LogP contribution is 2.26. The van der Waals surface area contributed by atoms with Gasteiger partial charge in [0, 0.05) is 17.5 Å². The number of carbonyl (C=O) groups excluding carboxylic acids is 1. The van der Waals surface area contributed by atoms with Gasteiger partial charge < -0.3 is 5.73 Å². The van der Waals surface area contributed by atoms with Crippen molar-refractivity contribution < 1.29 is 4.79 Å².